The van der Waals surface area contributed by atoms with Crippen molar-refractivity contribution < 1.29 is 4.74 Å². The Morgan fingerprint density at radius 1 is 1.14 bits per heavy atom. The van der Waals surface area contributed by atoms with E-state index in [1.807, 2.05) is 13.1 Å². The smallest absolute Gasteiger partial charge is 0.131 e. The molecule has 0 saturated heterocycles. The van der Waals surface area contributed by atoms with E-state index in [2.05, 4.69) is 18.9 Å². The second-order valence-corrected chi connectivity index (χ2v) is 5.90. The van der Waals surface area contributed by atoms with E-state index in [0.717, 1.165) is 29.8 Å². The van der Waals surface area contributed by atoms with E-state index in [0.29, 0.717) is 5.82 Å². The van der Waals surface area contributed by atoms with Crippen molar-refractivity contribution in [2.75, 3.05) is 12.8 Å². The number of aryl methyl sites for hydroxylation is 1. The molecule has 1 aromatic heterocycles. The number of ether oxygens (including phenoxy) is 1. The van der Waals surface area contributed by atoms with E-state index in [1.165, 1.54) is 35.1 Å². The lowest BCUT2D eigenvalue weighted by atomic mass is 9.82. The van der Waals surface area contributed by atoms with E-state index in [9.17, 15) is 0 Å². The number of anilines is 1. The number of nitrogens with zero attached hydrogens (tertiary/aromatic N) is 2. The summed E-state index contributed by atoms with van der Waals surface area (Å²) in [5.41, 5.74) is 13.5. The van der Waals surface area contributed by atoms with E-state index in [4.69, 9.17) is 10.5 Å². The molecule has 0 saturated carbocycles. The fourth-order valence-electron chi connectivity index (χ4n) is 3.55. The van der Waals surface area contributed by atoms with Gasteiger partial charge in [-0.1, -0.05) is 0 Å². The number of hydrogen-bond donors (Lipinski definition) is 1. The summed E-state index contributed by atoms with van der Waals surface area (Å²) >= 11 is 0. The number of benzene rings is 1. The molecule has 4 heteroatoms. The molecule has 0 bridgehead atoms. The first-order valence-corrected chi connectivity index (χ1v) is 7.53. The molecule has 1 aromatic carbocycles. The Hall–Kier alpha value is -1.97. The Bertz CT molecular complexity index is 681. The molecule has 3 rings (SSSR count). The monoisotopic (exact) mass is 285 g/mol. The zero-order chi connectivity index (χ0) is 15.1. The summed E-state index contributed by atoms with van der Waals surface area (Å²) in [5, 5.41) is 4.55. The van der Waals surface area contributed by atoms with Crippen molar-refractivity contribution in [2.24, 2.45) is 7.05 Å². The van der Waals surface area contributed by atoms with Crippen molar-refractivity contribution in [3.05, 3.63) is 28.3 Å². The summed E-state index contributed by atoms with van der Waals surface area (Å²) in [6.07, 6.45) is 4.85. The van der Waals surface area contributed by atoms with Gasteiger partial charge in [-0.3, -0.25) is 4.68 Å². The minimum absolute atomic E-state index is 0.668. The van der Waals surface area contributed by atoms with Gasteiger partial charge in [0.25, 0.3) is 0 Å². The first-order valence-electron chi connectivity index (χ1n) is 7.53. The molecule has 0 aliphatic heterocycles. The Balaban J connectivity index is 2.31. The van der Waals surface area contributed by atoms with Gasteiger partial charge in [-0.15, -0.1) is 0 Å². The lowest BCUT2D eigenvalue weighted by Crippen LogP contribution is -2.10. The average Bonchev–Trinajstić information content (AvgIpc) is 2.81. The van der Waals surface area contributed by atoms with Gasteiger partial charge in [-0.2, -0.15) is 5.10 Å². The highest BCUT2D eigenvalue weighted by Crippen LogP contribution is 2.42. The number of nitrogen functional groups attached to an aromatic ring is 1. The minimum atomic E-state index is 0.668. The Morgan fingerprint density at radius 3 is 2.29 bits per heavy atom. The molecule has 21 heavy (non-hydrogen) atoms. The van der Waals surface area contributed by atoms with Crippen LogP contribution in [0.5, 0.6) is 5.75 Å². The van der Waals surface area contributed by atoms with Crippen LogP contribution in [0.15, 0.2) is 6.07 Å². The van der Waals surface area contributed by atoms with Gasteiger partial charge < -0.3 is 10.5 Å². The average molecular weight is 285 g/mol. The fraction of sp³-hybridized carbons (Fsp3) is 0.471. The quantitative estimate of drug-likeness (QED) is 0.922. The van der Waals surface area contributed by atoms with Crippen LogP contribution >= 0.6 is 0 Å². The van der Waals surface area contributed by atoms with Crippen LogP contribution < -0.4 is 10.5 Å². The van der Waals surface area contributed by atoms with Crippen LogP contribution in [-0.2, 0) is 19.9 Å². The van der Waals surface area contributed by atoms with Crippen molar-refractivity contribution in [1.82, 2.24) is 9.78 Å². The Morgan fingerprint density at radius 2 is 1.76 bits per heavy atom. The third-order valence-corrected chi connectivity index (χ3v) is 4.69. The zero-order valence-electron chi connectivity index (χ0n) is 13.3. The van der Waals surface area contributed by atoms with Crippen molar-refractivity contribution in [3.8, 4) is 17.0 Å². The van der Waals surface area contributed by atoms with Gasteiger partial charge in [0.1, 0.15) is 11.6 Å². The molecule has 0 atom stereocenters. The normalized spacial score (nSPS) is 14.1. The standard InChI is InChI=1S/C17H23N3O/c1-10-12-7-5-6-8-13(12)11(2)17(21-4)16(10)14-9-15(18)20(3)19-14/h9H,5-8,18H2,1-4H3. The summed E-state index contributed by atoms with van der Waals surface area (Å²) in [5.74, 6) is 1.62. The van der Waals surface area contributed by atoms with Gasteiger partial charge in [-0.05, 0) is 61.8 Å². The summed E-state index contributed by atoms with van der Waals surface area (Å²) < 4.78 is 7.45. The van der Waals surface area contributed by atoms with Crippen molar-refractivity contribution in [3.63, 3.8) is 0 Å². The van der Waals surface area contributed by atoms with Crippen molar-refractivity contribution >= 4 is 5.82 Å². The number of hydrogen-bond acceptors (Lipinski definition) is 3. The maximum absolute atomic E-state index is 5.96. The molecule has 0 fully saturated rings. The molecule has 2 aromatic rings. The van der Waals surface area contributed by atoms with Crippen LogP contribution in [0, 0.1) is 13.8 Å². The first kappa shape index (κ1) is 14.0. The van der Waals surface area contributed by atoms with Crippen molar-refractivity contribution in [2.45, 2.75) is 39.5 Å². The summed E-state index contributed by atoms with van der Waals surface area (Å²) in [4.78, 5) is 0. The van der Waals surface area contributed by atoms with Crippen LogP contribution in [0.1, 0.15) is 35.1 Å². The van der Waals surface area contributed by atoms with E-state index >= 15 is 0 Å². The second kappa shape index (κ2) is 5.10. The SMILES string of the molecule is COc1c(C)c2c(c(C)c1-c1cc(N)n(C)n1)CCCC2. The molecule has 1 aliphatic rings. The Kier molecular flexibility index (Phi) is 3.40. The van der Waals surface area contributed by atoms with Crippen LogP contribution in [-0.4, -0.2) is 16.9 Å². The van der Waals surface area contributed by atoms with E-state index in [-0.39, 0.29) is 0 Å². The zero-order valence-corrected chi connectivity index (χ0v) is 13.3. The molecule has 1 heterocycles. The number of methoxy groups -OCH3 is 1. The molecule has 0 spiro atoms. The number of fused-ring (bicyclic) bond motifs is 1. The highest BCUT2D eigenvalue weighted by atomic mass is 16.5. The van der Waals surface area contributed by atoms with Gasteiger partial charge in [0.05, 0.1) is 12.8 Å². The maximum Gasteiger partial charge on any atom is 0.131 e. The van der Waals surface area contributed by atoms with Gasteiger partial charge in [-0.25, -0.2) is 0 Å². The van der Waals surface area contributed by atoms with Gasteiger partial charge in [0, 0.05) is 18.7 Å². The third kappa shape index (κ3) is 2.09. The maximum atomic E-state index is 5.96. The Labute approximate surface area is 125 Å². The molecule has 0 amide bonds. The van der Waals surface area contributed by atoms with Gasteiger partial charge in [0.15, 0.2) is 0 Å². The lowest BCUT2D eigenvalue weighted by Gasteiger charge is -2.25. The summed E-state index contributed by atoms with van der Waals surface area (Å²) in [7, 11) is 3.61. The summed E-state index contributed by atoms with van der Waals surface area (Å²) in [6, 6.07) is 1.93. The molecular formula is C17H23N3O. The minimum Gasteiger partial charge on any atom is -0.496 e. The van der Waals surface area contributed by atoms with Gasteiger partial charge >= 0.3 is 0 Å². The molecule has 0 unspecified atom stereocenters. The largest absolute Gasteiger partial charge is 0.496 e. The lowest BCUT2D eigenvalue weighted by molar-refractivity contribution is 0.411. The first-order chi connectivity index (χ1) is 10.0. The number of rotatable bonds is 2. The van der Waals surface area contributed by atoms with Crippen LogP contribution in [0.3, 0.4) is 0 Å². The van der Waals surface area contributed by atoms with E-state index in [1.54, 1.807) is 11.8 Å². The van der Waals surface area contributed by atoms with Crippen LogP contribution in [0.4, 0.5) is 5.82 Å². The number of nitrogens with two attached hydrogens (primary N) is 1. The highest BCUT2D eigenvalue weighted by Gasteiger charge is 2.24. The summed E-state index contributed by atoms with van der Waals surface area (Å²) in [6.45, 7) is 4.35. The predicted molar refractivity (Wildman–Crippen MR) is 85.7 cm³/mol. The molecule has 2 N–H and O–H groups in total. The fourth-order valence-corrected chi connectivity index (χ4v) is 3.55. The topological polar surface area (TPSA) is 53.1 Å². The predicted octanol–water partition coefficient (Wildman–Crippen LogP) is 3.17. The van der Waals surface area contributed by atoms with Crippen LogP contribution in [0.25, 0.3) is 11.3 Å². The third-order valence-electron chi connectivity index (χ3n) is 4.69. The molecular weight excluding hydrogens is 262 g/mol. The van der Waals surface area contributed by atoms with Crippen molar-refractivity contribution in [1.29, 1.82) is 0 Å². The molecule has 4 nitrogen and oxygen atoms in total. The van der Waals surface area contributed by atoms with E-state index < -0.39 is 0 Å². The number of aromatic nitrogens is 2. The molecule has 1 aliphatic carbocycles. The van der Waals surface area contributed by atoms with Crippen LogP contribution in [0.2, 0.25) is 0 Å². The molecule has 112 valence electrons. The highest BCUT2D eigenvalue weighted by molar-refractivity contribution is 5.77. The second-order valence-electron chi connectivity index (χ2n) is 5.90. The van der Waals surface area contributed by atoms with Gasteiger partial charge in [0.2, 0.25) is 0 Å². The molecule has 0 radical (unpaired) electrons.